The van der Waals surface area contributed by atoms with E-state index in [-0.39, 0.29) is 11.9 Å². The number of benzene rings is 1. The van der Waals surface area contributed by atoms with Crippen molar-refractivity contribution in [3.05, 3.63) is 70.0 Å². The number of rotatable bonds is 7. The molecule has 27 heavy (non-hydrogen) atoms. The van der Waals surface area contributed by atoms with Gasteiger partial charge in [0.05, 0.1) is 18.1 Å². The molecule has 0 saturated carbocycles. The van der Waals surface area contributed by atoms with Crippen LogP contribution < -0.4 is 0 Å². The van der Waals surface area contributed by atoms with Gasteiger partial charge in [0.1, 0.15) is 6.04 Å². The molecule has 4 rings (SSSR count). The SMILES string of the molecule is O=C(c1cccs1)N1CCCC1c1nc(CCOCc2ccccc2)no1. The first-order chi connectivity index (χ1) is 13.3. The third-order valence-electron chi connectivity index (χ3n) is 4.60. The van der Waals surface area contributed by atoms with Crippen molar-refractivity contribution in [2.75, 3.05) is 13.2 Å². The number of thiophene rings is 1. The van der Waals surface area contributed by atoms with Gasteiger partial charge in [-0.2, -0.15) is 4.98 Å². The summed E-state index contributed by atoms with van der Waals surface area (Å²) in [7, 11) is 0. The zero-order chi connectivity index (χ0) is 18.5. The van der Waals surface area contributed by atoms with Gasteiger partial charge >= 0.3 is 0 Å². The minimum absolute atomic E-state index is 0.0402. The molecule has 7 heteroatoms. The Morgan fingerprint density at radius 1 is 1.26 bits per heavy atom. The second-order valence-corrected chi connectivity index (χ2v) is 7.42. The van der Waals surface area contributed by atoms with Crippen LogP contribution in [0.2, 0.25) is 0 Å². The predicted octanol–water partition coefficient (Wildman–Crippen LogP) is 3.87. The van der Waals surface area contributed by atoms with E-state index in [0.717, 1.165) is 29.8 Å². The number of ether oxygens (including phenoxy) is 1. The molecule has 1 fully saturated rings. The third-order valence-corrected chi connectivity index (χ3v) is 5.45. The maximum absolute atomic E-state index is 12.7. The number of amides is 1. The molecule has 1 aromatic carbocycles. The number of aromatic nitrogens is 2. The number of nitrogens with zero attached hydrogens (tertiary/aromatic N) is 3. The van der Waals surface area contributed by atoms with E-state index >= 15 is 0 Å². The van der Waals surface area contributed by atoms with Gasteiger partial charge < -0.3 is 14.2 Å². The lowest BCUT2D eigenvalue weighted by molar-refractivity contribution is 0.0715. The van der Waals surface area contributed by atoms with Gasteiger partial charge in [-0.25, -0.2) is 0 Å². The monoisotopic (exact) mass is 383 g/mol. The fraction of sp³-hybridized carbons (Fsp3) is 0.350. The van der Waals surface area contributed by atoms with Gasteiger partial charge in [0.2, 0.25) is 5.89 Å². The van der Waals surface area contributed by atoms with E-state index in [0.29, 0.717) is 31.3 Å². The smallest absolute Gasteiger partial charge is 0.264 e. The van der Waals surface area contributed by atoms with E-state index in [4.69, 9.17) is 9.26 Å². The molecule has 1 saturated heterocycles. The number of hydrogen-bond donors (Lipinski definition) is 0. The first-order valence-electron chi connectivity index (χ1n) is 9.10. The molecule has 2 aromatic heterocycles. The molecule has 0 spiro atoms. The Hall–Kier alpha value is -2.51. The Bertz CT molecular complexity index is 864. The van der Waals surface area contributed by atoms with E-state index in [1.807, 2.05) is 52.7 Å². The predicted molar refractivity (Wildman–Crippen MR) is 101 cm³/mol. The second-order valence-electron chi connectivity index (χ2n) is 6.47. The average Bonchev–Trinajstić information content (AvgIpc) is 3.47. The van der Waals surface area contributed by atoms with Crippen LogP contribution in [0.1, 0.15) is 45.8 Å². The highest BCUT2D eigenvalue weighted by Crippen LogP contribution is 2.32. The molecule has 1 aliphatic heterocycles. The van der Waals surface area contributed by atoms with E-state index in [1.54, 1.807) is 0 Å². The van der Waals surface area contributed by atoms with Crippen molar-refractivity contribution in [2.45, 2.75) is 31.9 Å². The van der Waals surface area contributed by atoms with Gasteiger partial charge in [-0.1, -0.05) is 41.6 Å². The lowest BCUT2D eigenvalue weighted by atomic mass is 10.2. The van der Waals surface area contributed by atoms with Gasteiger partial charge in [-0.05, 0) is 29.9 Å². The summed E-state index contributed by atoms with van der Waals surface area (Å²) in [5.41, 5.74) is 1.14. The third kappa shape index (κ3) is 4.26. The quantitative estimate of drug-likeness (QED) is 0.580. The summed E-state index contributed by atoms with van der Waals surface area (Å²) in [6, 6.07) is 13.7. The molecule has 1 amide bonds. The molecular formula is C20H21N3O3S. The average molecular weight is 383 g/mol. The number of hydrogen-bond acceptors (Lipinski definition) is 6. The zero-order valence-electron chi connectivity index (χ0n) is 14.9. The molecule has 3 aromatic rings. The molecular weight excluding hydrogens is 362 g/mol. The van der Waals surface area contributed by atoms with Gasteiger partial charge in [-0.15, -0.1) is 11.3 Å². The van der Waals surface area contributed by atoms with Crippen molar-refractivity contribution in [3.63, 3.8) is 0 Å². The van der Waals surface area contributed by atoms with Crippen molar-refractivity contribution in [1.29, 1.82) is 0 Å². The summed E-state index contributed by atoms with van der Waals surface area (Å²) in [5.74, 6) is 1.18. The Morgan fingerprint density at radius 2 is 2.15 bits per heavy atom. The lowest BCUT2D eigenvalue weighted by Crippen LogP contribution is -2.30. The summed E-state index contributed by atoms with van der Waals surface area (Å²) in [5, 5.41) is 5.98. The summed E-state index contributed by atoms with van der Waals surface area (Å²) < 4.78 is 11.1. The van der Waals surface area contributed by atoms with Crippen LogP contribution in [0.5, 0.6) is 0 Å². The topological polar surface area (TPSA) is 68.5 Å². The number of carbonyl (C=O) groups excluding carboxylic acids is 1. The maximum Gasteiger partial charge on any atom is 0.264 e. The zero-order valence-corrected chi connectivity index (χ0v) is 15.7. The summed E-state index contributed by atoms with van der Waals surface area (Å²) >= 11 is 1.46. The van der Waals surface area contributed by atoms with Crippen LogP contribution in [0.4, 0.5) is 0 Å². The minimum atomic E-state index is -0.133. The standard InChI is InChI=1S/C20H21N3O3S/c24-20(17-9-5-13-27-17)23-11-4-8-16(23)19-21-18(22-26-19)10-12-25-14-15-6-2-1-3-7-15/h1-3,5-7,9,13,16H,4,8,10-12,14H2. The summed E-state index contributed by atoms with van der Waals surface area (Å²) in [4.78, 5) is 19.8. The molecule has 1 atom stereocenters. The molecule has 0 N–H and O–H groups in total. The molecule has 1 unspecified atom stereocenters. The van der Waals surface area contributed by atoms with Crippen molar-refractivity contribution in [3.8, 4) is 0 Å². The summed E-state index contributed by atoms with van der Waals surface area (Å²) in [6.45, 7) is 1.81. The maximum atomic E-state index is 12.7. The molecule has 3 heterocycles. The molecule has 0 aliphatic carbocycles. The second kappa shape index (κ2) is 8.45. The van der Waals surface area contributed by atoms with Crippen LogP contribution in [-0.2, 0) is 17.8 Å². The number of likely N-dealkylation sites (tertiary alicyclic amines) is 1. The van der Waals surface area contributed by atoms with Crippen molar-refractivity contribution >= 4 is 17.2 Å². The van der Waals surface area contributed by atoms with Crippen LogP contribution in [0.25, 0.3) is 0 Å². The summed E-state index contributed by atoms with van der Waals surface area (Å²) in [6.07, 6.45) is 2.38. The van der Waals surface area contributed by atoms with Crippen LogP contribution in [-0.4, -0.2) is 34.1 Å². The highest BCUT2D eigenvalue weighted by molar-refractivity contribution is 7.12. The molecule has 0 radical (unpaired) electrons. The fourth-order valence-electron chi connectivity index (χ4n) is 3.24. The Morgan fingerprint density at radius 3 is 2.96 bits per heavy atom. The van der Waals surface area contributed by atoms with E-state index < -0.39 is 0 Å². The molecule has 6 nitrogen and oxygen atoms in total. The van der Waals surface area contributed by atoms with Gasteiger partial charge in [0, 0.05) is 13.0 Å². The highest BCUT2D eigenvalue weighted by atomic mass is 32.1. The Kier molecular flexibility index (Phi) is 5.60. The number of carbonyl (C=O) groups is 1. The van der Waals surface area contributed by atoms with Crippen LogP contribution in [0.15, 0.2) is 52.4 Å². The van der Waals surface area contributed by atoms with E-state index in [2.05, 4.69) is 10.1 Å². The largest absolute Gasteiger partial charge is 0.376 e. The molecule has 1 aliphatic rings. The van der Waals surface area contributed by atoms with E-state index in [9.17, 15) is 4.79 Å². The highest BCUT2D eigenvalue weighted by Gasteiger charge is 2.34. The van der Waals surface area contributed by atoms with Gasteiger partial charge in [-0.3, -0.25) is 4.79 Å². The van der Waals surface area contributed by atoms with Gasteiger partial charge in [0.25, 0.3) is 5.91 Å². The minimum Gasteiger partial charge on any atom is -0.376 e. The van der Waals surface area contributed by atoms with Crippen molar-refractivity contribution in [2.24, 2.45) is 0 Å². The lowest BCUT2D eigenvalue weighted by Gasteiger charge is -2.20. The van der Waals surface area contributed by atoms with E-state index in [1.165, 1.54) is 11.3 Å². The normalized spacial score (nSPS) is 16.7. The Balaban J connectivity index is 1.32. The molecule has 140 valence electrons. The van der Waals surface area contributed by atoms with Crippen LogP contribution in [0, 0.1) is 0 Å². The first kappa shape index (κ1) is 17.9. The van der Waals surface area contributed by atoms with Crippen LogP contribution in [0.3, 0.4) is 0 Å². The van der Waals surface area contributed by atoms with Crippen molar-refractivity contribution in [1.82, 2.24) is 15.0 Å². The van der Waals surface area contributed by atoms with Crippen LogP contribution >= 0.6 is 11.3 Å². The fourth-order valence-corrected chi connectivity index (χ4v) is 3.92. The molecule has 0 bridgehead atoms. The van der Waals surface area contributed by atoms with Crippen molar-refractivity contribution < 1.29 is 14.1 Å². The first-order valence-corrected chi connectivity index (χ1v) is 9.98. The Labute approximate surface area is 161 Å². The van der Waals surface area contributed by atoms with Gasteiger partial charge in [0.15, 0.2) is 5.82 Å².